The number of rotatable bonds is 6. The van der Waals surface area contributed by atoms with Crippen molar-refractivity contribution in [3.8, 4) is 28.5 Å². The van der Waals surface area contributed by atoms with Crippen molar-refractivity contribution in [3.05, 3.63) is 94.2 Å². The predicted molar refractivity (Wildman–Crippen MR) is 160 cm³/mol. The molecule has 5 nitrogen and oxygen atoms in total. The van der Waals surface area contributed by atoms with Gasteiger partial charge >= 0.3 is 5.97 Å². The number of anilines is 1. The molecule has 0 saturated carbocycles. The van der Waals surface area contributed by atoms with Crippen molar-refractivity contribution in [2.75, 3.05) is 25.1 Å². The Morgan fingerprint density at radius 1 is 1.03 bits per heavy atom. The Hall–Kier alpha value is -3.99. The van der Waals surface area contributed by atoms with Crippen molar-refractivity contribution in [1.29, 1.82) is 5.26 Å². The second kappa shape index (κ2) is 10.3. The number of aryl methyl sites for hydroxylation is 2. The zero-order valence-electron chi connectivity index (χ0n) is 22.0. The number of esters is 1. The fourth-order valence-corrected chi connectivity index (χ4v) is 6.86. The fourth-order valence-electron chi connectivity index (χ4n) is 5.16. The van der Waals surface area contributed by atoms with Crippen LogP contribution in [-0.2, 0) is 9.53 Å². The van der Waals surface area contributed by atoms with E-state index in [2.05, 4.69) is 102 Å². The lowest BCUT2D eigenvalue weighted by Crippen LogP contribution is -2.50. The molecule has 194 valence electrons. The number of carbonyl (C=O) groups excluding carboxylic acids is 1. The largest absolute Gasteiger partial charge is 0.469 e. The molecule has 0 atom stereocenters. The van der Waals surface area contributed by atoms with E-state index < -0.39 is 0 Å². The standard InChI is InChI=1S/C32H27N3O2S2/c1-20-7-10-25(11-8-20)39-35-28-12-9-21(2)15-27(28)30(26-13-14-38-29(26)17-33)31(35)22-5-4-6-24(16-22)34-18-23(19-34)32(36)37-3/h4-16,23H,18-19H2,1-3H3. The van der Waals surface area contributed by atoms with E-state index in [0.29, 0.717) is 18.0 Å². The van der Waals surface area contributed by atoms with Crippen LogP contribution >= 0.6 is 23.3 Å². The summed E-state index contributed by atoms with van der Waals surface area (Å²) in [4.78, 5) is 16.0. The van der Waals surface area contributed by atoms with Crippen LogP contribution < -0.4 is 4.90 Å². The molecule has 3 aromatic carbocycles. The molecule has 3 heterocycles. The van der Waals surface area contributed by atoms with E-state index in [9.17, 15) is 10.1 Å². The van der Waals surface area contributed by atoms with E-state index in [4.69, 9.17) is 4.74 Å². The van der Waals surface area contributed by atoms with E-state index >= 15 is 0 Å². The van der Waals surface area contributed by atoms with Gasteiger partial charge in [0.25, 0.3) is 0 Å². The second-order valence-corrected chi connectivity index (χ2v) is 11.8. The van der Waals surface area contributed by atoms with Crippen molar-refractivity contribution in [2.45, 2.75) is 18.7 Å². The topological polar surface area (TPSA) is 58.3 Å². The van der Waals surface area contributed by atoms with Gasteiger partial charge in [0.15, 0.2) is 0 Å². The lowest BCUT2D eigenvalue weighted by Gasteiger charge is -2.39. The van der Waals surface area contributed by atoms with E-state index in [1.807, 2.05) is 5.38 Å². The SMILES string of the molecule is COC(=O)C1CN(c2cccc(-c3c(-c4ccsc4C#N)c4cc(C)ccc4n3Sc3ccc(C)cc3)c2)C1. The van der Waals surface area contributed by atoms with Gasteiger partial charge in [-0.05, 0) is 73.6 Å². The second-order valence-electron chi connectivity index (χ2n) is 9.89. The highest BCUT2D eigenvalue weighted by Gasteiger charge is 2.34. The van der Waals surface area contributed by atoms with Crippen LogP contribution in [0.1, 0.15) is 16.0 Å². The van der Waals surface area contributed by atoms with Gasteiger partial charge in [0, 0.05) is 45.7 Å². The Morgan fingerprint density at radius 2 is 1.79 bits per heavy atom. The first-order valence-corrected chi connectivity index (χ1v) is 14.4. The van der Waals surface area contributed by atoms with Crippen molar-refractivity contribution < 1.29 is 9.53 Å². The Kier molecular flexibility index (Phi) is 6.68. The molecule has 1 aliphatic heterocycles. The van der Waals surface area contributed by atoms with Crippen LogP contribution in [0.3, 0.4) is 0 Å². The zero-order chi connectivity index (χ0) is 27.1. The molecule has 0 amide bonds. The predicted octanol–water partition coefficient (Wildman–Crippen LogP) is 7.69. The molecular weight excluding hydrogens is 523 g/mol. The number of benzene rings is 3. The molecule has 1 aliphatic rings. The maximum absolute atomic E-state index is 12.0. The molecular formula is C32H27N3O2S2. The molecule has 6 rings (SSSR count). The summed E-state index contributed by atoms with van der Waals surface area (Å²) in [6.07, 6.45) is 0. The first kappa shape index (κ1) is 25.3. The van der Waals surface area contributed by atoms with Crippen LogP contribution in [0, 0.1) is 31.1 Å². The molecule has 0 N–H and O–H groups in total. The van der Waals surface area contributed by atoms with Crippen molar-refractivity contribution in [2.24, 2.45) is 5.92 Å². The summed E-state index contributed by atoms with van der Waals surface area (Å²) < 4.78 is 7.24. The van der Waals surface area contributed by atoms with Crippen LogP contribution in [0.2, 0.25) is 0 Å². The van der Waals surface area contributed by atoms with Gasteiger partial charge in [-0.1, -0.05) is 41.5 Å². The summed E-state index contributed by atoms with van der Waals surface area (Å²) in [6.45, 7) is 5.49. The molecule has 0 radical (unpaired) electrons. The van der Waals surface area contributed by atoms with Crippen LogP contribution in [0.15, 0.2) is 83.1 Å². The first-order valence-electron chi connectivity index (χ1n) is 12.8. The smallest absolute Gasteiger partial charge is 0.312 e. The third-order valence-electron chi connectivity index (χ3n) is 7.23. The molecule has 0 unspecified atom stereocenters. The van der Waals surface area contributed by atoms with E-state index in [-0.39, 0.29) is 11.9 Å². The number of carbonyl (C=O) groups is 1. The van der Waals surface area contributed by atoms with Crippen LogP contribution in [-0.4, -0.2) is 30.1 Å². The average Bonchev–Trinajstić information content (AvgIpc) is 3.51. The minimum atomic E-state index is -0.156. The van der Waals surface area contributed by atoms with Gasteiger partial charge < -0.3 is 9.64 Å². The molecule has 5 aromatic rings. The van der Waals surface area contributed by atoms with Crippen LogP contribution in [0.5, 0.6) is 0 Å². The lowest BCUT2D eigenvalue weighted by atomic mass is 9.96. The average molecular weight is 550 g/mol. The molecule has 2 aromatic heterocycles. The van der Waals surface area contributed by atoms with E-state index in [1.54, 1.807) is 11.9 Å². The van der Waals surface area contributed by atoms with Gasteiger partial charge in [-0.15, -0.1) is 11.3 Å². The molecule has 39 heavy (non-hydrogen) atoms. The Morgan fingerprint density at radius 3 is 2.54 bits per heavy atom. The summed E-state index contributed by atoms with van der Waals surface area (Å²) >= 11 is 3.16. The van der Waals surface area contributed by atoms with Crippen LogP contribution in [0.4, 0.5) is 5.69 Å². The van der Waals surface area contributed by atoms with Crippen molar-refractivity contribution in [1.82, 2.24) is 3.97 Å². The van der Waals surface area contributed by atoms with Crippen molar-refractivity contribution in [3.63, 3.8) is 0 Å². The zero-order valence-corrected chi connectivity index (χ0v) is 23.6. The van der Waals surface area contributed by atoms with E-state index in [0.717, 1.165) is 43.9 Å². The lowest BCUT2D eigenvalue weighted by molar-refractivity contribution is -0.146. The Balaban J connectivity index is 1.56. The number of ether oxygens (including phenoxy) is 1. The summed E-state index contributed by atoms with van der Waals surface area (Å²) in [7, 11) is 1.44. The van der Waals surface area contributed by atoms with E-state index in [1.165, 1.54) is 29.6 Å². The molecule has 1 saturated heterocycles. The Labute approximate surface area is 236 Å². The molecule has 7 heteroatoms. The number of aromatic nitrogens is 1. The minimum absolute atomic E-state index is 0.0928. The molecule has 0 bridgehead atoms. The normalized spacial score (nSPS) is 13.3. The monoisotopic (exact) mass is 549 g/mol. The minimum Gasteiger partial charge on any atom is -0.469 e. The number of hydrogen-bond acceptors (Lipinski definition) is 6. The van der Waals surface area contributed by atoms with Gasteiger partial charge in [0.1, 0.15) is 10.9 Å². The number of methoxy groups -OCH3 is 1. The van der Waals surface area contributed by atoms with Gasteiger partial charge in [0.05, 0.1) is 24.2 Å². The number of nitriles is 1. The summed E-state index contributed by atoms with van der Waals surface area (Å²) in [5, 5.41) is 13.1. The summed E-state index contributed by atoms with van der Waals surface area (Å²) in [5.74, 6) is -0.249. The van der Waals surface area contributed by atoms with Crippen molar-refractivity contribution >= 4 is 45.8 Å². The molecule has 0 aliphatic carbocycles. The third kappa shape index (κ3) is 4.60. The molecule has 1 fully saturated rings. The summed E-state index contributed by atoms with van der Waals surface area (Å²) in [6, 6.07) is 28.1. The van der Waals surface area contributed by atoms with Crippen LogP contribution in [0.25, 0.3) is 33.3 Å². The quantitative estimate of drug-likeness (QED) is 0.203. The fraction of sp³-hybridized carbons (Fsp3) is 0.188. The first-order chi connectivity index (χ1) is 19.0. The highest BCUT2D eigenvalue weighted by molar-refractivity contribution is 7.98. The maximum atomic E-state index is 12.0. The van der Waals surface area contributed by atoms with Gasteiger partial charge in [-0.25, -0.2) is 0 Å². The third-order valence-corrected chi connectivity index (χ3v) is 9.10. The Bertz CT molecular complexity index is 1740. The van der Waals surface area contributed by atoms with Gasteiger partial charge in [-0.2, -0.15) is 5.26 Å². The molecule has 0 spiro atoms. The highest BCUT2D eigenvalue weighted by atomic mass is 32.2. The number of fused-ring (bicyclic) bond motifs is 1. The number of thiophene rings is 1. The van der Waals surface area contributed by atoms with Gasteiger partial charge in [0.2, 0.25) is 0 Å². The maximum Gasteiger partial charge on any atom is 0.312 e. The van der Waals surface area contributed by atoms with Gasteiger partial charge in [-0.3, -0.25) is 8.77 Å². The number of hydrogen-bond donors (Lipinski definition) is 0. The highest BCUT2D eigenvalue weighted by Crippen LogP contribution is 2.47. The number of nitrogens with zero attached hydrogens (tertiary/aromatic N) is 3. The summed E-state index contributed by atoms with van der Waals surface area (Å²) in [5.41, 5.74) is 8.71.